The number of benzene rings is 1. The number of anilines is 1. The van der Waals surface area contributed by atoms with Crippen LogP contribution in [0.3, 0.4) is 0 Å². The zero-order valence-electron chi connectivity index (χ0n) is 11.2. The first-order valence-corrected chi connectivity index (χ1v) is 6.22. The van der Waals surface area contributed by atoms with Crippen LogP contribution >= 0.6 is 0 Å². The molecule has 0 bridgehead atoms. The van der Waals surface area contributed by atoms with Gasteiger partial charge < -0.3 is 16.2 Å². The molecule has 1 aromatic rings. The highest BCUT2D eigenvalue weighted by molar-refractivity contribution is 5.67. The molecule has 4 N–H and O–H groups in total. The first-order valence-electron chi connectivity index (χ1n) is 6.22. The summed E-state index contributed by atoms with van der Waals surface area (Å²) in [6, 6.07) is 5.79. The van der Waals surface area contributed by atoms with E-state index >= 15 is 0 Å². The smallest absolute Gasteiger partial charge is 0.304 e. The number of rotatable bonds is 6. The molecule has 0 radical (unpaired) electrons. The molecule has 0 amide bonds. The molecule has 18 heavy (non-hydrogen) atoms. The Labute approximate surface area is 108 Å². The zero-order valence-corrected chi connectivity index (χ0v) is 11.2. The molecule has 100 valence electrons. The molecule has 0 saturated heterocycles. The van der Waals surface area contributed by atoms with E-state index in [1.165, 1.54) is 5.56 Å². The third-order valence-electron chi connectivity index (χ3n) is 2.90. The number of hydrogen-bond donors (Lipinski definition) is 3. The lowest BCUT2D eigenvalue weighted by Crippen LogP contribution is -2.31. The third-order valence-corrected chi connectivity index (χ3v) is 2.90. The monoisotopic (exact) mass is 250 g/mol. The topological polar surface area (TPSA) is 75.3 Å². The normalized spacial score (nSPS) is 12.5. The largest absolute Gasteiger partial charge is 0.481 e. The second kappa shape index (κ2) is 6.40. The van der Waals surface area contributed by atoms with E-state index in [2.05, 4.69) is 25.2 Å². The lowest BCUT2D eigenvalue weighted by atomic mass is 9.98. The van der Waals surface area contributed by atoms with Gasteiger partial charge in [-0.05, 0) is 24.0 Å². The molecule has 1 rings (SSSR count). The van der Waals surface area contributed by atoms with Crippen molar-refractivity contribution in [1.29, 1.82) is 0 Å². The Balaban J connectivity index is 2.75. The van der Waals surface area contributed by atoms with Gasteiger partial charge in [-0.1, -0.05) is 32.0 Å². The number of carbonyl (C=O) groups is 1. The average molecular weight is 250 g/mol. The van der Waals surface area contributed by atoms with E-state index in [4.69, 9.17) is 10.8 Å². The van der Waals surface area contributed by atoms with Gasteiger partial charge in [-0.25, -0.2) is 0 Å². The van der Waals surface area contributed by atoms with Gasteiger partial charge in [-0.15, -0.1) is 0 Å². The fourth-order valence-corrected chi connectivity index (χ4v) is 1.94. The summed E-state index contributed by atoms with van der Waals surface area (Å²) in [6.07, 6.45) is -0.0180. The standard InChI is InChI=1S/C14H22N2O2/c1-9(2)12-6-4-5-10(3)14(12)16-8-11(15)7-13(17)18/h4-6,9,11,16H,7-8,15H2,1-3H3,(H,17,18). The first-order chi connectivity index (χ1) is 8.41. The van der Waals surface area contributed by atoms with Crippen molar-refractivity contribution in [1.82, 2.24) is 0 Å². The van der Waals surface area contributed by atoms with Crippen LogP contribution < -0.4 is 11.1 Å². The summed E-state index contributed by atoms with van der Waals surface area (Å²) in [5.41, 5.74) is 9.22. The molecule has 1 atom stereocenters. The van der Waals surface area contributed by atoms with E-state index in [-0.39, 0.29) is 12.5 Å². The summed E-state index contributed by atoms with van der Waals surface area (Å²) in [4.78, 5) is 10.6. The Morgan fingerprint density at radius 2 is 2.11 bits per heavy atom. The lowest BCUT2D eigenvalue weighted by molar-refractivity contribution is -0.137. The highest BCUT2D eigenvalue weighted by atomic mass is 16.4. The number of nitrogens with two attached hydrogens (primary N) is 1. The number of aliphatic carboxylic acids is 1. The Hall–Kier alpha value is -1.55. The Kier molecular flexibility index (Phi) is 5.16. The summed E-state index contributed by atoms with van der Waals surface area (Å²) >= 11 is 0. The molecule has 0 aliphatic heterocycles. The van der Waals surface area contributed by atoms with Crippen molar-refractivity contribution >= 4 is 11.7 Å². The summed E-state index contributed by atoms with van der Waals surface area (Å²) in [5, 5.41) is 12.0. The van der Waals surface area contributed by atoms with Crippen molar-refractivity contribution < 1.29 is 9.90 Å². The van der Waals surface area contributed by atoms with Gasteiger partial charge in [-0.3, -0.25) is 4.79 Å². The van der Waals surface area contributed by atoms with Gasteiger partial charge in [0.25, 0.3) is 0 Å². The molecule has 0 aliphatic carbocycles. The van der Waals surface area contributed by atoms with Gasteiger partial charge in [0.2, 0.25) is 0 Å². The van der Waals surface area contributed by atoms with Crippen molar-refractivity contribution in [2.75, 3.05) is 11.9 Å². The molecule has 0 heterocycles. The van der Waals surface area contributed by atoms with Crippen molar-refractivity contribution in [3.8, 4) is 0 Å². The molecule has 1 aromatic carbocycles. The summed E-state index contributed by atoms with van der Waals surface area (Å²) < 4.78 is 0. The Morgan fingerprint density at radius 1 is 1.44 bits per heavy atom. The van der Waals surface area contributed by atoms with Crippen molar-refractivity contribution in [3.05, 3.63) is 29.3 Å². The first kappa shape index (κ1) is 14.5. The van der Waals surface area contributed by atoms with E-state index in [1.54, 1.807) is 0 Å². The van der Waals surface area contributed by atoms with E-state index < -0.39 is 5.97 Å². The summed E-state index contributed by atoms with van der Waals surface area (Å²) in [5.74, 6) is -0.443. The highest BCUT2D eigenvalue weighted by Gasteiger charge is 2.11. The quantitative estimate of drug-likeness (QED) is 0.724. The number of aryl methyl sites for hydroxylation is 1. The minimum Gasteiger partial charge on any atom is -0.481 e. The minimum absolute atomic E-state index is 0.0180. The van der Waals surface area contributed by atoms with E-state index in [0.29, 0.717) is 12.5 Å². The fraction of sp³-hybridized carbons (Fsp3) is 0.500. The maximum absolute atomic E-state index is 10.6. The van der Waals surface area contributed by atoms with Crippen LogP contribution in [-0.4, -0.2) is 23.7 Å². The van der Waals surface area contributed by atoms with Crippen LogP contribution in [-0.2, 0) is 4.79 Å². The third kappa shape index (κ3) is 4.04. The molecule has 1 unspecified atom stereocenters. The van der Waals surface area contributed by atoms with Crippen molar-refractivity contribution in [2.24, 2.45) is 5.73 Å². The maximum atomic E-state index is 10.6. The number of carboxylic acid groups (broad SMARTS) is 1. The predicted molar refractivity (Wildman–Crippen MR) is 74.0 cm³/mol. The van der Waals surface area contributed by atoms with Crippen molar-refractivity contribution in [3.63, 3.8) is 0 Å². The van der Waals surface area contributed by atoms with Crippen LogP contribution in [0.4, 0.5) is 5.69 Å². The molecule has 0 aromatic heterocycles. The van der Waals surface area contributed by atoms with Gasteiger partial charge in [0.05, 0.1) is 6.42 Å². The second-order valence-electron chi connectivity index (χ2n) is 4.93. The molecular weight excluding hydrogens is 228 g/mol. The number of carboxylic acids is 1. The average Bonchev–Trinajstić information content (AvgIpc) is 2.25. The Bertz CT molecular complexity index is 416. The zero-order chi connectivity index (χ0) is 13.7. The van der Waals surface area contributed by atoms with Crippen LogP contribution in [0.25, 0.3) is 0 Å². The van der Waals surface area contributed by atoms with Gasteiger partial charge in [0.15, 0.2) is 0 Å². The molecule has 0 spiro atoms. The Morgan fingerprint density at radius 3 is 2.67 bits per heavy atom. The van der Waals surface area contributed by atoms with Crippen LogP contribution in [0.15, 0.2) is 18.2 Å². The molecule has 4 heteroatoms. The van der Waals surface area contributed by atoms with E-state index in [0.717, 1.165) is 11.3 Å². The van der Waals surface area contributed by atoms with E-state index in [9.17, 15) is 4.79 Å². The van der Waals surface area contributed by atoms with Crippen molar-refractivity contribution in [2.45, 2.75) is 39.2 Å². The molecule has 0 fully saturated rings. The number of nitrogens with one attached hydrogen (secondary N) is 1. The molecule has 4 nitrogen and oxygen atoms in total. The predicted octanol–water partition coefficient (Wildman–Crippen LogP) is 2.33. The van der Waals surface area contributed by atoms with Gasteiger partial charge >= 0.3 is 5.97 Å². The van der Waals surface area contributed by atoms with Gasteiger partial charge in [0.1, 0.15) is 0 Å². The fourth-order valence-electron chi connectivity index (χ4n) is 1.94. The molecular formula is C14H22N2O2. The molecule has 0 aliphatic rings. The van der Waals surface area contributed by atoms with Crippen LogP contribution in [0.5, 0.6) is 0 Å². The SMILES string of the molecule is Cc1cccc(C(C)C)c1NCC(N)CC(=O)O. The molecule has 0 saturated carbocycles. The van der Waals surface area contributed by atoms with E-state index in [1.807, 2.05) is 19.1 Å². The van der Waals surface area contributed by atoms with Crippen LogP contribution in [0.1, 0.15) is 37.3 Å². The summed E-state index contributed by atoms with van der Waals surface area (Å²) in [7, 11) is 0. The summed E-state index contributed by atoms with van der Waals surface area (Å²) in [6.45, 7) is 6.78. The number of para-hydroxylation sites is 1. The highest BCUT2D eigenvalue weighted by Crippen LogP contribution is 2.27. The van der Waals surface area contributed by atoms with Gasteiger partial charge in [0, 0.05) is 18.3 Å². The van der Waals surface area contributed by atoms with Gasteiger partial charge in [-0.2, -0.15) is 0 Å². The van der Waals surface area contributed by atoms with Crippen LogP contribution in [0.2, 0.25) is 0 Å². The number of hydrogen-bond acceptors (Lipinski definition) is 3. The van der Waals surface area contributed by atoms with Crippen LogP contribution in [0, 0.1) is 6.92 Å². The lowest BCUT2D eigenvalue weighted by Gasteiger charge is -2.19. The second-order valence-corrected chi connectivity index (χ2v) is 4.93. The maximum Gasteiger partial charge on any atom is 0.304 e. The minimum atomic E-state index is -0.863.